The number of rotatable bonds is 2. The Labute approximate surface area is 127 Å². The van der Waals surface area contributed by atoms with Gasteiger partial charge in [0.05, 0.1) is 18.1 Å². The molecule has 4 bridgehead atoms. The summed E-state index contributed by atoms with van der Waals surface area (Å²) in [7, 11) is 1.53. The van der Waals surface area contributed by atoms with Crippen molar-refractivity contribution in [1.82, 2.24) is 0 Å². The highest BCUT2D eigenvalue weighted by Gasteiger charge is 2.66. The van der Waals surface area contributed by atoms with Crippen LogP contribution in [0.25, 0.3) is 0 Å². The van der Waals surface area contributed by atoms with Crippen LogP contribution in [-0.4, -0.2) is 23.8 Å². The van der Waals surface area contributed by atoms with Gasteiger partial charge >= 0.3 is 5.97 Å². The predicted octanol–water partition coefficient (Wildman–Crippen LogP) is 3.44. The Hall–Kier alpha value is -0.570. The average Bonchev–Trinajstić information content (AvgIpc) is 2.45. The van der Waals surface area contributed by atoms with Crippen LogP contribution >= 0.6 is 0 Å². The lowest BCUT2D eigenvalue weighted by atomic mass is 9.40. The Kier molecular flexibility index (Phi) is 2.99. The zero-order valence-corrected chi connectivity index (χ0v) is 13.2. The van der Waals surface area contributed by atoms with Crippen LogP contribution in [0.1, 0.15) is 70.6 Å². The van der Waals surface area contributed by atoms with Gasteiger partial charge in [-0.1, -0.05) is 19.3 Å². The van der Waals surface area contributed by atoms with E-state index in [9.17, 15) is 9.90 Å². The van der Waals surface area contributed by atoms with Crippen molar-refractivity contribution >= 4 is 5.97 Å². The van der Waals surface area contributed by atoms with Crippen LogP contribution in [-0.2, 0) is 9.53 Å². The first-order valence-electron chi connectivity index (χ1n) is 8.82. The molecule has 0 heterocycles. The third-order valence-electron chi connectivity index (χ3n) is 7.35. The van der Waals surface area contributed by atoms with Gasteiger partial charge < -0.3 is 9.84 Å². The molecule has 1 N–H and O–H groups in total. The lowest BCUT2D eigenvalue weighted by molar-refractivity contribution is -0.223. The van der Waals surface area contributed by atoms with Gasteiger partial charge in [0.25, 0.3) is 0 Å². The molecular formula is C18H28O3. The smallest absolute Gasteiger partial charge is 0.311 e. The molecule has 4 atom stereocenters. The number of ether oxygens (including phenoxy) is 1. The first-order valence-corrected chi connectivity index (χ1v) is 8.82. The number of carbonyl (C=O) groups excluding carboxylic acids is 1. The molecule has 0 aromatic rings. The maximum atomic E-state index is 12.5. The Morgan fingerprint density at radius 3 is 2.24 bits per heavy atom. The molecule has 5 fully saturated rings. The summed E-state index contributed by atoms with van der Waals surface area (Å²) in [5.74, 6) is 1.27. The van der Waals surface area contributed by atoms with E-state index in [1.54, 1.807) is 0 Å². The van der Waals surface area contributed by atoms with E-state index < -0.39 is 5.60 Å². The summed E-state index contributed by atoms with van der Waals surface area (Å²) in [6.07, 6.45) is 11.9. The second-order valence-electron chi connectivity index (χ2n) is 8.61. The summed E-state index contributed by atoms with van der Waals surface area (Å²) >= 11 is 0. The van der Waals surface area contributed by atoms with E-state index in [0.717, 1.165) is 57.8 Å². The van der Waals surface area contributed by atoms with Gasteiger partial charge in [0, 0.05) is 5.41 Å². The Balaban J connectivity index is 1.71. The highest BCUT2D eigenvalue weighted by atomic mass is 16.5. The molecule has 0 aliphatic heterocycles. The Morgan fingerprint density at radius 1 is 1.05 bits per heavy atom. The number of hydrogen-bond donors (Lipinski definition) is 1. The van der Waals surface area contributed by atoms with Crippen LogP contribution in [0.5, 0.6) is 0 Å². The van der Waals surface area contributed by atoms with Gasteiger partial charge in [-0.2, -0.15) is 0 Å². The van der Waals surface area contributed by atoms with Crippen LogP contribution in [0.2, 0.25) is 0 Å². The first-order chi connectivity index (χ1) is 10.0. The molecule has 0 saturated heterocycles. The molecule has 5 saturated carbocycles. The van der Waals surface area contributed by atoms with Crippen molar-refractivity contribution in [1.29, 1.82) is 0 Å². The van der Waals surface area contributed by atoms with E-state index in [1.165, 1.54) is 20.0 Å². The van der Waals surface area contributed by atoms with Crippen LogP contribution < -0.4 is 0 Å². The molecule has 5 aliphatic carbocycles. The summed E-state index contributed by atoms with van der Waals surface area (Å²) in [6, 6.07) is 0. The van der Waals surface area contributed by atoms with Crippen LogP contribution in [0.3, 0.4) is 0 Å². The zero-order chi connectivity index (χ0) is 14.7. The lowest BCUT2D eigenvalue weighted by Gasteiger charge is -2.65. The van der Waals surface area contributed by atoms with Gasteiger partial charge in [0.2, 0.25) is 0 Å². The molecule has 5 aliphatic rings. The van der Waals surface area contributed by atoms with Crippen molar-refractivity contribution in [2.75, 3.05) is 7.11 Å². The minimum absolute atomic E-state index is 0.000356. The normalized spacial score (nSPS) is 47.3. The number of methoxy groups -OCH3 is 1. The van der Waals surface area contributed by atoms with Gasteiger partial charge in [0.15, 0.2) is 0 Å². The molecule has 0 amide bonds. The summed E-state index contributed by atoms with van der Waals surface area (Å²) in [5.41, 5.74) is -0.778. The summed E-state index contributed by atoms with van der Waals surface area (Å²) < 4.78 is 5.18. The highest BCUT2D eigenvalue weighted by Crippen LogP contribution is 2.69. The SMILES string of the molecule is COC(=O)C12C[C@H]3C[C@@H](C1)CC(C1(O)CCCCC1)(C3)C2. The minimum atomic E-state index is -0.512. The van der Waals surface area contributed by atoms with Crippen LogP contribution in [0.4, 0.5) is 0 Å². The van der Waals surface area contributed by atoms with E-state index in [0.29, 0.717) is 11.8 Å². The fraction of sp³-hybridized carbons (Fsp3) is 0.944. The average molecular weight is 292 g/mol. The zero-order valence-electron chi connectivity index (χ0n) is 13.2. The van der Waals surface area contributed by atoms with Crippen molar-refractivity contribution in [3.05, 3.63) is 0 Å². The van der Waals surface area contributed by atoms with Crippen molar-refractivity contribution < 1.29 is 14.6 Å². The van der Waals surface area contributed by atoms with E-state index in [2.05, 4.69) is 0 Å². The fourth-order valence-corrected chi connectivity index (χ4v) is 6.93. The summed E-state index contributed by atoms with van der Waals surface area (Å²) in [6.45, 7) is 0. The highest BCUT2D eigenvalue weighted by molar-refractivity contribution is 5.77. The standard InChI is InChI=1S/C18H28O3/c1-21-15(19)16-8-13-7-14(9-16)11-17(10-13,12-16)18(20)5-3-2-4-6-18/h13-14,20H,2-12H2,1H3/t13-,14+,16?,17?. The Bertz CT molecular complexity index is 435. The van der Waals surface area contributed by atoms with Gasteiger partial charge in [0.1, 0.15) is 0 Å². The molecular weight excluding hydrogens is 264 g/mol. The molecule has 0 aromatic heterocycles. The largest absolute Gasteiger partial charge is 0.469 e. The monoisotopic (exact) mass is 292 g/mol. The molecule has 5 rings (SSSR count). The third-order valence-corrected chi connectivity index (χ3v) is 7.35. The van der Waals surface area contributed by atoms with E-state index in [1.807, 2.05) is 0 Å². The lowest BCUT2D eigenvalue weighted by Crippen LogP contribution is -2.63. The van der Waals surface area contributed by atoms with Crippen molar-refractivity contribution in [3.8, 4) is 0 Å². The van der Waals surface area contributed by atoms with Gasteiger partial charge in [-0.3, -0.25) is 4.79 Å². The molecule has 0 radical (unpaired) electrons. The minimum Gasteiger partial charge on any atom is -0.469 e. The molecule has 3 heteroatoms. The summed E-state index contributed by atoms with van der Waals surface area (Å²) in [5, 5.41) is 11.5. The number of esters is 1. The van der Waals surface area contributed by atoms with Gasteiger partial charge in [-0.25, -0.2) is 0 Å². The number of carbonyl (C=O) groups is 1. The van der Waals surface area contributed by atoms with Crippen molar-refractivity contribution in [2.45, 2.75) is 76.2 Å². The molecule has 118 valence electrons. The Morgan fingerprint density at radius 2 is 1.67 bits per heavy atom. The molecule has 2 unspecified atom stereocenters. The number of aliphatic hydroxyl groups is 1. The second kappa shape index (κ2) is 4.47. The first kappa shape index (κ1) is 14.0. The third kappa shape index (κ3) is 1.85. The maximum Gasteiger partial charge on any atom is 0.311 e. The van der Waals surface area contributed by atoms with Crippen LogP contribution in [0.15, 0.2) is 0 Å². The second-order valence-corrected chi connectivity index (χ2v) is 8.61. The quantitative estimate of drug-likeness (QED) is 0.793. The summed E-state index contributed by atoms with van der Waals surface area (Å²) in [4.78, 5) is 12.5. The van der Waals surface area contributed by atoms with Crippen molar-refractivity contribution in [2.24, 2.45) is 22.7 Å². The van der Waals surface area contributed by atoms with E-state index in [-0.39, 0.29) is 16.8 Å². The van der Waals surface area contributed by atoms with Gasteiger partial charge in [-0.15, -0.1) is 0 Å². The van der Waals surface area contributed by atoms with E-state index in [4.69, 9.17) is 4.74 Å². The van der Waals surface area contributed by atoms with Crippen LogP contribution in [0, 0.1) is 22.7 Å². The predicted molar refractivity (Wildman–Crippen MR) is 79.6 cm³/mol. The van der Waals surface area contributed by atoms with E-state index >= 15 is 0 Å². The molecule has 0 aromatic carbocycles. The van der Waals surface area contributed by atoms with Crippen molar-refractivity contribution in [3.63, 3.8) is 0 Å². The fourth-order valence-electron chi connectivity index (χ4n) is 6.93. The van der Waals surface area contributed by atoms with Gasteiger partial charge in [-0.05, 0) is 63.2 Å². The number of hydrogen-bond acceptors (Lipinski definition) is 3. The topological polar surface area (TPSA) is 46.5 Å². The molecule has 0 spiro atoms. The maximum absolute atomic E-state index is 12.5. The molecule has 21 heavy (non-hydrogen) atoms. The molecule has 3 nitrogen and oxygen atoms in total.